The van der Waals surface area contributed by atoms with Crippen LogP contribution in [0.1, 0.15) is 11.3 Å². The zero-order chi connectivity index (χ0) is 15.8. The predicted octanol–water partition coefficient (Wildman–Crippen LogP) is 3.61. The van der Waals surface area contributed by atoms with Gasteiger partial charge < -0.3 is 5.32 Å². The highest BCUT2D eigenvalue weighted by Crippen LogP contribution is 2.26. The third-order valence-electron chi connectivity index (χ3n) is 3.47. The van der Waals surface area contributed by atoms with Gasteiger partial charge in [-0.05, 0) is 13.8 Å². The normalized spacial score (nSPS) is 11.0. The predicted molar refractivity (Wildman–Crippen MR) is 91.1 cm³/mol. The van der Waals surface area contributed by atoms with Gasteiger partial charge in [0.15, 0.2) is 0 Å². The van der Waals surface area contributed by atoms with E-state index < -0.39 is 0 Å². The van der Waals surface area contributed by atoms with Crippen LogP contribution >= 0.6 is 11.3 Å². The zero-order valence-corrected chi connectivity index (χ0v) is 13.5. The second-order valence-electron chi connectivity index (χ2n) is 5.29. The first-order valence-corrected chi connectivity index (χ1v) is 8.04. The Hall–Kier alpha value is -2.80. The van der Waals surface area contributed by atoms with E-state index in [4.69, 9.17) is 0 Å². The number of thiazole rings is 1. The van der Waals surface area contributed by atoms with Crippen molar-refractivity contribution >= 4 is 28.1 Å². The molecule has 1 N–H and O–H groups in total. The van der Waals surface area contributed by atoms with Gasteiger partial charge in [0.05, 0.1) is 5.69 Å². The minimum atomic E-state index is 0.531. The van der Waals surface area contributed by atoms with Crippen LogP contribution < -0.4 is 5.32 Å². The molecule has 0 unspecified atom stereocenters. The summed E-state index contributed by atoms with van der Waals surface area (Å²) in [5.74, 6) is 1.22. The Morgan fingerprint density at radius 3 is 2.70 bits per heavy atom. The summed E-state index contributed by atoms with van der Waals surface area (Å²) in [6.07, 6.45) is 1.52. The van der Waals surface area contributed by atoms with Crippen LogP contribution in [-0.2, 0) is 0 Å². The van der Waals surface area contributed by atoms with Gasteiger partial charge in [0.2, 0.25) is 10.9 Å². The van der Waals surface area contributed by atoms with E-state index in [2.05, 4.69) is 61.9 Å². The van der Waals surface area contributed by atoms with Crippen LogP contribution in [0.5, 0.6) is 0 Å². The quantitative estimate of drug-likeness (QED) is 0.624. The number of nitrogens with one attached hydrogen (secondary N) is 1. The Balaban J connectivity index is 1.70. The SMILES string of the molecule is Cc1ccc(-c2csc3nc(Nc4cc(C)ncn4)nn23)cc1. The van der Waals surface area contributed by atoms with Crippen LogP contribution in [0.3, 0.4) is 0 Å². The highest BCUT2D eigenvalue weighted by Gasteiger charge is 2.12. The number of aryl methyl sites for hydroxylation is 2. The van der Waals surface area contributed by atoms with Crippen molar-refractivity contribution in [3.8, 4) is 11.3 Å². The molecular formula is C16H14N6S. The standard InChI is InChI=1S/C16H14N6S/c1-10-3-5-12(6-4-10)13-8-23-16-20-15(21-22(13)16)19-14-7-11(2)17-9-18-14/h3-9H,1-2H3,(H,17,18,19,21). The summed E-state index contributed by atoms with van der Waals surface area (Å²) in [7, 11) is 0. The lowest BCUT2D eigenvalue weighted by molar-refractivity contribution is 0.985. The van der Waals surface area contributed by atoms with E-state index in [0.717, 1.165) is 21.9 Å². The minimum absolute atomic E-state index is 0.531. The van der Waals surface area contributed by atoms with E-state index in [-0.39, 0.29) is 0 Å². The summed E-state index contributed by atoms with van der Waals surface area (Å²) < 4.78 is 1.85. The monoisotopic (exact) mass is 322 g/mol. The van der Waals surface area contributed by atoms with Gasteiger partial charge in [-0.3, -0.25) is 0 Å². The lowest BCUT2D eigenvalue weighted by atomic mass is 10.1. The van der Waals surface area contributed by atoms with Crippen LogP contribution in [0.15, 0.2) is 42.0 Å². The molecule has 0 fully saturated rings. The van der Waals surface area contributed by atoms with Gasteiger partial charge >= 0.3 is 0 Å². The fraction of sp³-hybridized carbons (Fsp3) is 0.125. The fourth-order valence-electron chi connectivity index (χ4n) is 2.29. The van der Waals surface area contributed by atoms with Crippen LogP contribution in [0.25, 0.3) is 16.2 Å². The third kappa shape index (κ3) is 2.66. The van der Waals surface area contributed by atoms with E-state index in [0.29, 0.717) is 11.8 Å². The Morgan fingerprint density at radius 1 is 1.09 bits per heavy atom. The van der Waals surface area contributed by atoms with E-state index >= 15 is 0 Å². The van der Waals surface area contributed by atoms with Gasteiger partial charge in [0.25, 0.3) is 0 Å². The minimum Gasteiger partial charge on any atom is -0.307 e. The average molecular weight is 322 g/mol. The number of benzene rings is 1. The maximum atomic E-state index is 4.54. The van der Waals surface area contributed by atoms with Crippen molar-refractivity contribution in [2.24, 2.45) is 0 Å². The molecule has 3 heterocycles. The van der Waals surface area contributed by atoms with Crippen molar-refractivity contribution in [3.05, 3.63) is 53.3 Å². The van der Waals surface area contributed by atoms with Crippen molar-refractivity contribution in [1.29, 1.82) is 0 Å². The highest BCUT2D eigenvalue weighted by atomic mass is 32.1. The maximum Gasteiger partial charge on any atom is 0.249 e. The Labute approximate surface area is 136 Å². The lowest BCUT2D eigenvalue weighted by Crippen LogP contribution is -1.97. The van der Waals surface area contributed by atoms with E-state index in [1.165, 1.54) is 11.9 Å². The molecule has 0 aliphatic carbocycles. The van der Waals surface area contributed by atoms with Crippen LogP contribution in [0.4, 0.5) is 11.8 Å². The topological polar surface area (TPSA) is 68.0 Å². The molecule has 0 radical (unpaired) electrons. The summed E-state index contributed by atoms with van der Waals surface area (Å²) >= 11 is 1.56. The van der Waals surface area contributed by atoms with Crippen molar-refractivity contribution in [2.75, 3.05) is 5.32 Å². The second-order valence-corrected chi connectivity index (χ2v) is 6.12. The van der Waals surface area contributed by atoms with Crippen molar-refractivity contribution < 1.29 is 0 Å². The van der Waals surface area contributed by atoms with Crippen molar-refractivity contribution in [2.45, 2.75) is 13.8 Å². The number of nitrogens with zero attached hydrogens (tertiary/aromatic N) is 5. The number of aromatic nitrogens is 5. The smallest absolute Gasteiger partial charge is 0.249 e. The number of anilines is 2. The van der Waals surface area contributed by atoms with Gasteiger partial charge in [-0.1, -0.05) is 29.8 Å². The Kier molecular flexibility index (Phi) is 3.27. The third-order valence-corrected chi connectivity index (χ3v) is 4.29. The van der Waals surface area contributed by atoms with Crippen LogP contribution in [0, 0.1) is 13.8 Å². The highest BCUT2D eigenvalue weighted by molar-refractivity contribution is 7.15. The van der Waals surface area contributed by atoms with Gasteiger partial charge in [-0.25, -0.2) is 14.5 Å². The van der Waals surface area contributed by atoms with Crippen molar-refractivity contribution in [3.63, 3.8) is 0 Å². The Bertz CT molecular complexity index is 970. The molecule has 0 spiro atoms. The number of hydrogen-bond acceptors (Lipinski definition) is 6. The lowest BCUT2D eigenvalue weighted by Gasteiger charge is -2.01. The molecule has 0 saturated carbocycles. The van der Waals surface area contributed by atoms with Gasteiger partial charge in [0, 0.05) is 22.7 Å². The molecule has 4 rings (SSSR count). The summed E-state index contributed by atoms with van der Waals surface area (Å²) in [5.41, 5.74) is 4.28. The molecular weight excluding hydrogens is 308 g/mol. The first kappa shape index (κ1) is 13.8. The molecule has 3 aromatic heterocycles. The van der Waals surface area contributed by atoms with Gasteiger partial charge in [-0.15, -0.1) is 16.4 Å². The summed E-state index contributed by atoms with van der Waals surface area (Å²) in [5, 5.41) is 9.73. The summed E-state index contributed by atoms with van der Waals surface area (Å²) in [4.78, 5) is 13.6. The molecule has 0 saturated heterocycles. The molecule has 0 bridgehead atoms. The first-order chi connectivity index (χ1) is 11.2. The van der Waals surface area contributed by atoms with E-state index in [9.17, 15) is 0 Å². The fourth-order valence-corrected chi connectivity index (χ4v) is 3.13. The molecule has 0 atom stereocenters. The van der Waals surface area contributed by atoms with E-state index in [1.54, 1.807) is 11.3 Å². The summed E-state index contributed by atoms with van der Waals surface area (Å²) in [6.45, 7) is 4.00. The molecule has 23 heavy (non-hydrogen) atoms. The average Bonchev–Trinajstić information content (AvgIpc) is 3.08. The van der Waals surface area contributed by atoms with Crippen LogP contribution in [0.2, 0.25) is 0 Å². The molecule has 0 amide bonds. The summed E-state index contributed by atoms with van der Waals surface area (Å²) in [6, 6.07) is 10.2. The number of rotatable bonds is 3. The maximum absolute atomic E-state index is 4.54. The largest absolute Gasteiger partial charge is 0.307 e. The molecule has 0 aliphatic rings. The first-order valence-electron chi connectivity index (χ1n) is 7.16. The molecule has 114 valence electrons. The molecule has 6 nitrogen and oxygen atoms in total. The molecule has 1 aromatic carbocycles. The second kappa shape index (κ2) is 5.44. The number of fused-ring (bicyclic) bond motifs is 1. The van der Waals surface area contributed by atoms with Gasteiger partial charge in [0.1, 0.15) is 12.1 Å². The zero-order valence-electron chi connectivity index (χ0n) is 12.7. The van der Waals surface area contributed by atoms with E-state index in [1.807, 2.05) is 17.5 Å². The van der Waals surface area contributed by atoms with Crippen molar-refractivity contribution in [1.82, 2.24) is 24.6 Å². The Morgan fingerprint density at radius 2 is 1.91 bits per heavy atom. The van der Waals surface area contributed by atoms with Gasteiger partial charge in [-0.2, -0.15) is 4.98 Å². The number of hydrogen-bond donors (Lipinski definition) is 1. The molecule has 0 aliphatic heterocycles. The van der Waals surface area contributed by atoms with Crippen LogP contribution in [-0.4, -0.2) is 24.6 Å². The molecule has 7 heteroatoms. The molecule has 4 aromatic rings.